The van der Waals surface area contributed by atoms with Crippen LogP contribution in [0.2, 0.25) is 0 Å². The third-order valence-corrected chi connectivity index (χ3v) is 6.67. The van der Waals surface area contributed by atoms with Crippen molar-refractivity contribution in [3.05, 3.63) is 54.3 Å². The first-order valence-corrected chi connectivity index (χ1v) is 11.6. The fraction of sp³-hybridized carbons (Fsp3) is 0.462. The standard InChI is InChI=1S/C26H35N5O2/c1-17(2)33-26(32)23-13-22-12-20(24-14-27-16-29(24)7)15-31(22)25(18(23)3)19(4)30-10-8-21(9-11-30)28(5)6/h12-17,21H,4,8-11H2,1-3,5-7H3. The van der Waals surface area contributed by atoms with Crippen molar-refractivity contribution in [2.24, 2.45) is 7.05 Å². The van der Waals surface area contributed by atoms with Crippen molar-refractivity contribution < 1.29 is 9.53 Å². The molecule has 1 fully saturated rings. The average molecular weight is 450 g/mol. The van der Waals surface area contributed by atoms with Crippen LogP contribution in [0.5, 0.6) is 0 Å². The van der Waals surface area contributed by atoms with Gasteiger partial charge in [-0.1, -0.05) is 6.58 Å². The lowest BCUT2D eigenvalue weighted by molar-refractivity contribution is 0.0377. The minimum absolute atomic E-state index is 0.179. The number of nitrogens with zero attached hydrogens (tertiary/aromatic N) is 5. The molecule has 1 aliphatic rings. The molecule has 0 atom stereocenters. The zero-order valence-corrected chi connectivity index (χ0v) is 20.6. The maximum absolute atomic E-state index is 13.0. The summed E-state index contributed by atoms with van der Waals surface area (Å²) in [5.74, 6) is -0.298. The van der Waals surface area contributed by atoms with Crippen LogP contribution in [0.25, 0.3) is 22.5 Å². The fourth-order valence-electron chi connectivity index (χ4n) is 4.77. The van der Waals surface area contributed by atoms with Gasteiger partial charge in [0.05, 0.1) is 41.3 Å². The predicted octanol–water partition coefficient (Wildman–Crippen LogP) is 4.21. The van der Waals surface area contributed by atoms with E-state index in [1.807, 2.05) is 44.6 Å². The molecule has 0 saturated carbocycles. The van der Waals surface area contributed by atoms with Crippen molar-refractivity contribution in [2.75, 3.05) is 27.2 Å². The third kappa shape index (κ3) is 4.42. The molecule has 3 aromatic heterocycles. The lowest BCUT2D eigenvalue weighted by Crippen LogP contribution is -2.41. The number of fused-ring (bicyclic) bond motifs is 1. The van der Waals surface area contributed by atoms with E-state index in [1.165, 1.54) is 0 Å². The van der Waals surface area contributed by atoms with E-state index in [0.29, 0.717) is 11.6 Å². The summed E-state index contributed by atoms with van der Waals surface area (Å²) in [5, 5.41) is 0. The van der Waals surface area contributed by atoms with Crippen LogP contribution in [-0.2, 0) is 11.8 Å². The Balaban J connectivity index is 1.81. The van der Waals surface area contributed by atoms with Crippen LogP contribution < -0.4 is 0 Å². The number of hydrogen-bond donors (Lipinski definition) is 0. The Morgan fingerprint density at radius 3 is 2.52 bits per heavy atom. The van der Waals surface area contributed by atoms with Crippen molar-refractivity contribution in [3.63, 3.8) is 0 Å². The summed E-state index contributed by atoms with van der Waals surface area (Å²) in [5.41, 5.74) is 6.38. The highest BCUT2D eigenvalue weighted by Gasteiger charge is 2.26. The van der Waals surface area contributed by atoms with Crippen LogP contribution >= 0.6 is 0 Å². The maximum atomic E-state index is 13.0. The number of imidazole rings is 1. The second kappa shape index (κ2) is 9.06. The Morgan fingerprint density at radius 1 is 1.24 bits per heavy atom. The lowest BCUT2D eigenvalue weighted by atomic mass is 10.0. The van der Waals surface area contributed by atoms with Crippen molar-refractivity contribution in [2.45, 2.75) is 45.8 Å². The van der Waals surface area contributed by atoms with Crippen molar-refractivity contribution in [1.82, 2.24) is 23.8 Å². The highest BCUT2D eigenvalue weighted by atomic mass is 16.5. The van der Waals surface area contributed by atoms with Gasteiger partial charge in [0.2, 0.25) is 0 Å². The molecular formula is C26H35N5O2. The van der Waals surface area contributed by atoms with Gasteiger partial charge < -0.3 is 23.5 Å². The number of piperidine rings is 1. The van der Waals surface area contributed by atoms with E-state index in [0.717, 1.165) is 59.7 Å². The highest BCUT2D eigenvalue weighted by molar-refractivity contribution is 5.94. The van der Waals surface area contributed by atoms with E-state index in [4.69, 9.17) is 4.74 Å². The number of aryl methyl sites for hydroxylation is 1. The Morgan fingerprint density at radius 2 is 1.94 bits per heavy atom. The first-order valence-electron chi connectivity index (χ1n) is 11.6. The highest BCUT2D eigenvalue weighted by Crippen LogP contribution is 2.32. The fourth-order valence-corrected chi connectivity index (χ4v) is 4.77. The molecule has 4 rings (SSSR count). The molecule has 0 aromatic carbocycles. The van der Waals surface area contributed by atoms with Crippen LogP contribution in [0.1, 0.15) is 48.3 Å². The monoisotopic (exact) mass is 449 g/mol. The number of ether oxygens (including phenoxy) is 1. The third-order valence-electron chi connectivity index (χ3n) is 6.67. The SMILES string of the molecule is C=C(c1c(C)c(C(=O)OC(C)C)cc2cc(-c3cncn3C)cn12)N1CCC(N(C)C)CC1. The van der Waals surface area contributed by atoms with Gasteiger partial charge in [0.25, 0.3) is 0 Å². The van der Waals surface area contributed by atoms with E-state index in [-0.39, 0.29) is 12.1 Å². The van der Waals surface area contributed by atoms with E-state index < -0.39 is 0 Å². The largest absolute Gasteiger partial charge is 0.459 e. The number of carbonyl (C=O) groups is 1. The van der Waals surface area contributed by atoms with Gasteiger partial charge >= 0.3 is 5.97 Å². The second-order valence-corrected chi connectivity index (χ2v) is 9.53. The number of pyridine rings is 1. The molecule has 0 spiro atoms. The summed E-state index contributed by atoms with van der Waals surface area (Å²) in [4.78, 5) is 21.9. The molecule has 176 valence electrons. The molecule has 0 bridgehead atoms. The summed E-state index contributed by atoms with van der Waals surface area (Å²) >= 11 is 0. The predicted molar refractivity (Wildman–Crippen MR) is 132 cm³/mol. The van der Waals surface area contributed by atoms with Crippen LogP contribution in [0.4, 0.5) is 0 Å². The van der Waals surface area contributed by atoms with E-state index in [2.05, 4.69) is 52.1 Å². The Kier molecular flexibility index (Phi) is 6.34. The van der Waals surface area contributed by atoms with Crippen molar-refractivity contribution in [3.8, 4) is 11.3 Å². The van der Waals surface area contributed by atoms with Crippen LogP contribution in [0.15, 0.2) is 37.4 Å². The lowest BCUT2D eigenvalue weighted by Gasteiger charge is -2.38. The number of hydrogen-bond acceptors (Lipinski definition) is 5. The van der Waals surface area contributed by atoms with Gasteiger partial charge in [-0.05, 0) is 65.4 Å². The van der Waals surface area contributed by atoms with Gasteiger partial charge in [0, 0.05) is 43.5 Å². The quantitative estimate of drug-likeness (QED) is 0.528. The van der Waals surface area contributed by atoms with E-state index in [1.54, 1.807) is 6.33 Å². The minimum atomic E-state index is -0.298. The van der Waals surface area contributed by atoms with Gasteiger partial charge in [0.1, 0.15) is 0 Å². The zero-order valence-electron chi connectivity index (χ0n) is 20.6. The molecule has 7 heteroatoms. The van der Waals surface area contributed by atoms with E-state index >= 15 is 0 Å². The zero-order chi connectivity index (χ0) is 23.9. The summed E-state index contributed by atoms with van der Waals surface area (Å²) in [6.07, 6.45) is 7.77. The number of esters is 1. The first kappa shape index (κ1) is 23.1. The maximum Gasteiger partial charge on any atom is 0.338 e. The molecule has 3 aromatic rings. The van der Waals surface area contributed by atoms with Gasteiger partial charge in [0.15, 0.2) is 0 Å². The van der Waals surface area contributed by atoms with Crippen molar-refractivity contribution in [1.29, 1.82) is 0 Å². The molecule has 0 radical (unpaired) electrons. The first-order chi connectivity index (χ1) is 15.7. The Hall–Kier alpha value is -3.06. The second-order valence-electron chi connectivity index (χ2n) is 9.53. The van der Waals surface area contributed by atoms with Crippen LogP contribution in [-0.4, -0.2) is 69.1 Å². The van der Waals surface area contributed by atoms with Gasteiger partial charge in [-0.15, -0.1) is 0 Å². The molecule has 0 aliphatic carbocycles. The molecule has 7 nitrogen and oxygen atoms in total. The Bertz CT molecular complexity index is 1180. The summed E-state index contributed by atoms with van der Waals surface area (Å²) in [6, 6.07) is 4.61. The number of carbonyl (C=O) groups excluding carboxylic acids is 1. The molecule has 33 heavy (non-hydrogen) atoms. The topological polar surface area (TPSA) is 55.0 Å². The molecule has 0 N–H and O–H groups in total. The van der Waals surface area contributed by atoms with Crippen molar-refractivity contribution >= 4 is 17.2 Å². The summed E-state index contributed by atoms with van der Waals surface area (Å²) in [6.45, 7) is 12.1. The molecular weight excluding hydrogens is 414 g/mol. The minimum Gasteiger partial charge on any atom is -0.459 e. The summed E-state index contributed by atoms with van der Waals surface area (Å²) in [7, 11) is 6.27. The normalized spacial score (nSPS) is 15.1. The Labute approximate surface area is 196 Å². The molecule has 0 unspecified atom stereocenters. The van der Waals surface area contributed by atoms with Gasteiger partial charge in [-0.25, -0.2) is 9.78 Å². The molecule has 4 heterocycles. The number of rotatable bonds is 6. The number of likely N-dealkylation sites (tertiary alicyclic amines) is 1. The molecule has 1 aliphatic heterocycles. The molecule has 0 amide bonds. The molecule has 1 saturated heterocycles. The summed E-state index contributed by atoms with van der Waals surface area (Å²) < 4.78 is 9.73. The van der Waals surface area contributed by atoms with Crippen LogP contribution in [0, 0.1) is 6.92 Å². The smallest absolute Gasteiger partial charge is 0.338 e. The number of aromatic nitrogens is 3. The van der Waals surface area contributed by atoms with Gasteiger partial charge in [-0.3, -0.25) is 0 Å². The van der Waals surface area contributed by atoms with Gasteiger partial charge in [-0.2, -0.15) is 0 Å². The average Bonchev–Trinajstić information content (AvgIpc) is 3.37. The van der Waals surface area contributed by atoms with Crippen LogP contribution in [0.3, 0.4) is 0 Å². The van der Waals surface area contributed by atoms with E-state index in [9.17, 15) is 4.79 Å².